The second-order valence-corrected chi connectivity index (χ2v) is 4.59. The van der Waals surface area contributed by atoms with E-state index in [0.29, 0.717) is 5.76 Å². The molecule has 0 atom stereocenters. The number of alkyl halides is 3. The number of aryl methyl sites for hydroxylation is 1. The van der Waals surface area contributed by atoms with Gasteiger partial charge in [-0.1, -0.05) is 0 Å². The van der Waals surface area contributed by atoms with Crippen molar-refractivity contribution in [1.82, 2.24) is 0 Å². The Labute approximate surface area is 129 Å². The molecule has 0 fully saturated rings. The third kappa shape index (κ3) is 4.35. The number of esters is 1. The molecule has 1 heterocycles. The molecule has 0 saturated heterocycles. The summed E-state index contributed by atoms with van der Waals surface area (Å²) in [6.07, 6.45) is -3.13. The summed E-state index contributed by atoms with van der Waals surface area (Å²) in [4.78, 5) is 23.3. The summed E-state index contributed by atoms with van der Waals surface area (Å²) >= 11 is 0. The number of nitrogens with one attached hydrogen (secondary N) is 1. The van der Waals surface area contributed by atoms with E-state index in [1.807, 2.05) is 0 Å². The van der Waals surface area contributed by atoms with Crippen molar-refractivity contribution in [2.75, 3.05) is 11.9 Å². The van der Waals surface area contributed by atoms with Crippen LogP contribution in [0.15, 0.2) is 41.0 Å². The van der Waals surface area contributed by atoms with Crippen LogP contribution in [-0.4, -0.2) is 18.5 Å². The number of rotatable bonds is 4. The topological polar surface area (TPSA) is 68.5 Å². The number of furan rings is 1. The predicted molar refractivity (Wildman–Crippen MR) is 73.8 cm³/mol. The number of halogens is 3. The molecule has 23 heavy (non-hydrogen) atoms. The Morgan fingerprint density at radius 1 is 1.17 bits per heavy atom. The molecule has 0 aliphatic heterocycles. The first-order valence-electron chi connectivity index (χ1n) is 6.45. The third-order valence-electron chi connectivity index (χ3n) is 2.91. The minimum atomic E-state index is -4.44. The lowest BCUT2D eigenvalue weighted by Gasteiger charge is -2.09. The lowest BCUT2D eigenvalue weighted by atomic mass is 10.2. The number of benzene rings is 1. The molecule has 8 heteroatoms. The van der Waals surface area contributed by atoms with Crippen LogP contribution in [0.5, 0.6) is 0 Å². The minimum absolute atomic E-state index is 0.165. The van der Waals surface area contributed by atoms with Gasteiger partial charge >= 0.3 is 12.1 Å². The molecule has 0 aliphatic carbocycles. The van der Waals surface area contributed by atoms with Crippen LogP contribution < -0.4 is 5.32 Å². The van der Waals surface area contributed by atoms with Gasteiger partial charge in [-0.3, -0.25) is 4.79 Å². The smallest absolute Gasteiger partial charge is 0.416 e. The predicted octanol–water partition coefficient (Wildman–Crippen LogP) is 3.40. The number of hydrogen-bond acceptors (Lipinski definition) is 4. The largest absolute Gasteiger partial charge is 0.469 e. The molecular formula is C15H12F3NO4. The average Bonchev–Trinajstić information content (AvgIpc) is 2.90. The van der Waals surface area contributed by atoms with E-state index in [9.17, 15) is 22.8 Å². The van der Waals surface area contributed by atoms with Gasteiger partial charge in [-0.25, -0.2) is 4.79 Å². The molecule has 2 aromatic rings. The highest BCUT2D eigenvalue weighted by Crippen LogP contribution is 2.29. The number of carbonyl (C=O) groups excluding carboxylic acids is 2. The van der Waals surface area contributed by atoms with Crippen LogP contribution in [0.2, 0.25) is 0 Å². The maximum Gasteiger partial charge on any atom is 0.416 e. The fourth-order valence-corrected chi connectivity index (χ4v) is 1.75. The minimum Gasteiger partial charge on any atom is -0.469 e. The first-order valence-corrected chi connectivity index (χ1v) is 6.45. The van der Waals surface area contributed by atoms with Crippen molar-refractivity contribution in [3.05, 3.63) is 53.5 Å². The van der Waals surface area contributed by atoms with Crippen LogP contribution in [0.1, 0.15) is 21.7 Å². The van der Waals surface area contributed by atoms with Crippen molar-refractivity contribution in [3.8, 4) is 0 Å². The van der Waals surface area contributed by atoms with E-state index >= 15 is 0 Å². The van der Waals surface area contributed by atoms with Gasteiger partial charge in [0.05, 0.1) is 11.8 Å². The highest BCUT2D eigenvalue weighted by atomic mass is 19.4. The monoisotopic (exact) mass is 327 g/mol. The molecule has 0 aliphatic rings. The molecule has 1 aromatic carbocycles. The lowest BCUT2D eigenvalue weighted by Crippen LogP contribution is -2.21. The standard InChI is InChI=1S/C15H12F3NO4/c1-9-12(6-7-22-9)14(21)23-8-13(20)19-11-4-2-10(3-5-11)15(16,17)18/h2-7H,8H2,1H3,(H,19,20). The number of carbonyl (C=O) groups is 2. The van der Waals surface area contributed by atoms with Crippen LogP contribution in [0.4, 0.5) is 18.9 Å². The Hall–Kier alpha value is -2.77. The van der Waals surface area contributed by atoms with Crippen molar-refractivity contribution in [3.63, 3.8) is 0 Å². The van der Waals surface area contributed by atoms with Crippen LogP contribution >= 0.6 is 0 Å². The van der Waals surface area contributed by atoms with Crippen molar-refractivity contribution in [1.29, 1.82) is 0 Å². The number of hydrogen-bond donors (Lipinski definition) is 1. The molecule has 122 valence electrons. The van der Waals surface area contributed by atoms with Crippen molar-refractivity contribution in [2.45, 2.75) is 13.1 Å². The molecule has 1 aromatic heterocycles. The fourth-order valence-electron chi connectivity index (χ4n) is 1.75. The van der Waals surface area contributed by atoms with Crippen LogP contribution in [0.25, 0.3) is 0 Å². The second-order valence-electron chi connectivity index (χ2n) is 4.59. The van der Waals surface area contributed by atoms with Gasteiger partial charge in [0.25, 0.3) is 5.91 Å². The lowest BCUT2D eigenvalue weighted by molar-refractivity contribution is -0.137. The highest BCUT2D eigenvalue weighted by molar-refractivity contribution is 5.95. The van der Waals surface area contributed by atoms with E-state index in [0.717, 1.165) is 24.3 Å². The van der Waals surface area contributed by atoms with Crippen molar-refractivity contribution in [2.24, 2.45) is 0 Å². The first-order chi connectivity index (χ1) is 10.8. The second kappa shape index (κ2) is 6.55. The first kappa shape index (κ1) is 16.6. The van der Waals surface area contributed by atoms with Gasteiger partial charge in [-0.05, 0) is 37.3 Å². The molecule has 0 spiro atoms. The number of ether oxygens (including phenoxy) is 1. The molecule has 0 saturated carbocycles. The van der Waals surface area contributed by atoms with E-state index < -0.39 is 30.2 Å². The summed E-state index contributed by atoms with van der Waals surface area (Å²) < 4.78 is 46.9. The zero-order chi connectivity index (χ0) is 17.0. The molecule has 2 rings (SSSR count). The van der Waals surface area contributed by atoms with E-state index in [2.05, 4.69) is 5.32 Å². The average molecular weight is 327 g/mol. The van der Waals surface area contributed by atoms with Crippen LogP contribution in [0, 0.1) is 6.92 Å². The maximum absolute atomic E-state index is 12.4. The Bertz CT molecular complexity index is 704. The number of anilines is 1. The van der Waals surface area contributed by atoms with E-state index in [1.165, 1.54) is 12.3 Å². The van der Waals surface area contributed by atoms with Gasteiger partial charge < -0.3 is 14.5 Å². The Morgan fingerprint density at radius 3 is 2.35 bits per heavy atom. The van der Waals surface area contributed by atoms with Gasteiger partial charge in [-0.15, -0.1) is 0 Å². The third-order valence-corrected chi connectivity index (χ3v) is 2.91. The van der Waals surface area contributed by atoms with Crippen LogP contribution in [-0.2, 0) is 15.7 Å². The van der Waals surface area contributed by atoms with Gasteiger partial charge in [-0.2, -0.15) is 13.2 Å². The summed E-state index contributed by atoms with van der Waals surface area (Å²) in [6.45, 7) is 1.00. The zero-order valence-corrected chi connectivity index (χ0v) is 11.9. The zero-order valence-electron chi connectivity index (χ0n) is 11.9. The maximum atomic E-state index is 12.4. The van der Waals surface area contributed by atoms with E-state index in [-0.39, 0.29) is 11.3 Å². The molecule has 1 N–H and O–H groups in total. The quantitative estimate of drug-likeness (QED) is 0.874. The molecular weight excluding hydrogens is 315 g/mol. The summed E-state index contributed by atoms with van der Waals surface area (Å²) in [6, 6.07) is 5.32. The normalized spacial score (nSPS) is 11.1. The SMILES string of the molecule is Cc1occc1C(=O)OCC(=O)Nc1ccc(C(F)(F)F)cc1. The number of amides is 1. The van der Waals surface area contributed by atoms with Crippen molar-refractivity contribution >= 4 is 17.6 Å². The van der Waals surface area contributed by atoms with E-state index in [1.54, 1.807) is 6.92 Å². The summed E-state index contributed by atoms with van der Waals surface area (Å²) in [5.74, 6) is -1.03. The molecule has 1 amide bonds. The summed E-state index contributed by atoms with van der Waals surface area (Å²) in [7, 11) is 0. The Morgan fingerprint density at radius 2 is 1.83 bits per heavy atom. The van der Waals surface area contributed by atoms with E-state index in [4.69, 9.17) is 9.15 Å². The summed E-state index contributed by atoms with van der Waals surface area (Å²) in [5.41, 5.74) is -0.455. The highest BCUT2D eigenvalue weighted by Gasteiger charge is 2.30. The van der Waals surface area contributed by atoms with Crippen LogP contribution in [0.3, 0.4) is 0 Å². The van der Waals surface area contributed by atoms with Gasteiger partial charge in [0.1, 0.15) is 11.3 Å². The molecule has 0 bridgehead atoms. The van der Waals surface area contributed by atoms with Gasteiger partial charge in [0, 0.05) is 5.69 Å². The Kier molecular flexibility index (Phi) is 4.73. The van der Waals surface area contributed by atoms with Crippen molar-refractivity contribution < 1.29 is 31.9 Å². The summed E-state index contributed by atoms with van der Waals surface area (Å²) in [5, 5.41) is 2.33. The van der Waals surface area contributed by atoms with Gasteiger partial charge in [0.2, 0.25) is 0 Å². The Balaban J connectivity index is 1.88. The van der Waals surface area contributed by atoms with Gasteiger partial charge in [0.15, 0.2) is 6.61 Å². The molecule has 0 unspecified atom stereocenters. The molecule has 0 radical (unpaired) electrons. The molecule has 5 nitrogen and oxygen atoms in total. The fraction of sp³-hybridized carbons (Fsp3) is 0.200.